The Bertz CT molecular complexity index is 1230. The normalized spacial score (nSPS) is 12.3. The van der Waals surface area contributed by atoms with E-state index in [9.17, 15) is 13.2 Å². The van der Waals surface area contributed by atoms with Gasteiger partial charge in [-0.25, -0.2) is 8.42 Å². The highest BCUT2D eigenvalue weighted by molar-refractivity contribution is 7.92. The molecule has 5 nitrogen and oxygen atoms in total. The summed E-state index contributed by atoms with van der Waals surface area (Å²) in [7, 11) is -4.05. The molecule has 0 aliphatic carbocycles. The Morgan fingerprint density at radius 3 is 2.18 bits per heavy atom. The highest BCUT2D eigenvalue weighted by Gasteiger charge is 2.28. The molecule has 0 spiro atoms. The van der Waals surface area contributed by atoms with Gasteiger partial charge in [0.1, 0.15) is 6.54 Å². The first-order valence-corrected chi connectivity index (χ1v) is 12.7. The molecule has 1 atom stereocenters. The zero-order valence-electron chi connectivity index (χ0n) is 18.7. The smallest absolute Gasteiger partial charge is 0.264 e. The van der Waals surface area contributed by atoms with Gasteiger partial charge in [0.25, 0.3) is 10.0 Å². The fourth-order valence-corrected chi connectivity index (χ4v) is 5.64. The van der Waals surface area contributed by atoms with Crippen molar-refractivity contribution in [1.82, 2.24) is 5.32 Å². The molecule has 174 valence electrons. The topological polar surface area (TPSA) is 66.5 Å². The second kappa shape index (κ2) is 10.6. The number of rotatable bonds is 8. The van der Waals surface area contributed by atoms with Crippen LogP contribution in [0.5, 0.6) is 0 Å². The minimum Gasteiger partial charge on any atom is -0.348 e. The Morgan fingerprint density at radius 1 is 0.970 bits per heavy atom. The van der Waals surface area contributed by atoms with Crippen LogP contribution in [0.4, 0.5) is 5.69 Å². The van der Waals surface area contributed by atoms with E-state index in [0.717, 1.165) is 21.0 Å². The maximum Gasteiger partial charge on any atom is 0.264 e. The van der Waals surface area contributed by atoms with Crippen molar-refractivity contribution in [3.8, 4) is 0 Å². The number of benzene rings is 3. The fourth-order valence-electron chi connectivity index (χ4n) is 3.70. The minimum atomic E-state index is -4.05. The third kappa shape index (κ3) is 6.08. The van der Waals surface area contributed by atoms with Gasteiger partial charge >= 0.3 is 0 Å². The largest absolute Gasteiger partial charge is 0.348 e. The molecule has 0 aromatic heterocycles. The van der Waals surface area contributed by atoms with Crippen LogP contribution in [-0.4, -0.2) is 20.9 Å². The summed E-state index contributed by atoms with van der Waals surface area (Å²) in [4.78, 5) is 13.2. The summed E-state index contributed by atoms with van der Waals surface area (Å²) in [6, 6.07) is 18.2. The van der Waals surface area contributed by atoms with Crippen molar-refractivity contribution >= 4 is 44.8 Å². The monoisotopic (exact) mass is 504 g/mol. The molecule has 0 aliphatic rings. The Kier molecular flexibility index (Phi) is 8.05. The molecule has 0 saturated heterocycles. The van der Waals surface area contributed by atoms with Crippen LogP contribution >= 0.6 is 23.2 Å². The van der Waals surface area contributed by atoms with Crippen LogP contribution in [0.1, 0.15) is 36.1 Å². The summed E-state index contributed by atoms with van der Waals surface area (Å²) in [5, 5.41) is 3.53. The van der Waals surface area contributed by atoms with Crippen LogP contribution < -0.4 is 9.62 Å². The van der Waals surface area contributed by atoms with E-state index >= 15 is 0 Å². The Labute approximate surface area is 205 Å². The highest BCUT2D eigenvalue weighted by Crippen LogP contribution is 2.30. The maximum atomic E-state index is 13.5. The molecule has 0 aliphatic heterocycles. The fraction of sp³-hybridized carbons (Fsp3) is 0.240. The molecule has 33 heavy (non-hydrogen) atoms. The van der Waals surface area contributed by atoms with Gasteiger partial charge in [0.05, 0.1) is 16.6 Å². The van der Waals surface area contributed by atoms with Gasteiger partial charge in [0.2, 0.25) is 5.91 Å². The third-order valence-electron chi connectivity index (χ3n) is 5.30. The molecule has 0 radical (unpaired) electrons. The average molecular weight is 505 g/mol. The summed E-state index contributed by atoms with van der Waals surface area (Å²) < 4.78 is 28.0. The van der Waals surface area contributed by atoms with Gasteiger partial charge in [-0.15, -0.1) is 0 Å². The number of carbonyl (C=O) groups excluding carboxylic acids is 1. The second-order valence-electron chi connectivity index (χ2n) is 7.84. The lowest BCUT2D eigenvalue weighted by molar-refractivity contribution is -0.120. The molecule has 3 aromatic carbocycles. The van der Waals surface area contributed by atoms with Gasteiger partial charge in [-0.2, -0.15) is 0 Å². The number of hydrogen-bond donors (Lipinski definition) is 1. The minimum absolute atomic E-state index is 0.0651. The molecule has 0 bridgehead atoms. The zero-order chi connectivity index (χ0) is 24.2. The first kappa shape index (κ1) is 25.1. The predicted molar refractivity (Wildman–Crippen MR) is 135 cm³/mol. The number of aryl methyl sites for hydroxylation is 2. The molecular weight excluding hydrogens is 479 g/mol. The van der Waals surface area contributed by atoms with E-state index in [1.54, 1.807) is 18.2 Å². The molecule has 1 amide bonds. The quantitative estimate of drug-likeness (QED) is 0.404. The number of halogens is 2. The van der Waals surface area contributed by atoms with Crippen LogP contribution in [0.15, 0.2) is 71.6 Å². The van der Waals surface area contributed by atoms with E-state index in [1.165, 1.54) is 30.3 Å². The summed E-state index contributed by atoms with van der Waals surface area (Å²) in [6.45, 7) is 5.56. The van der Waals surface area contributed by atoms with Crippen LogP contribution in [0.3, 0.4) is 0 Å². The van der Waals surface area contributed by atoms with Gasteiger partial charge in [0, 0.05) is 10.0 Å². The van der Waals surface area contributed by atoms with E-state index < -0.39 is 22.5 Å². The van der Waals surface area contributed by atoms with E-state index in [4.69, 9.17) is 23.2 Å². The molecule has 0 fully saturated rings. The van der Waals surface area contributed by atoms with Gasteiger partial charge in [0.15, 0.2) is 0 Å². The highest BCUT2D eigenvalue weighted by atomic mass is 35.5. The number of anilines is 1. The van der Waals surface area contributed by atoms with Crippen molar-refractivity contribution in [1.29, 1.82) is 0 Å². The number of nitrogens with zero attached hydrogens (tertiary/aromatic N) is 1. The molecule has 3 aromatic rings. The zero-order valence-corrected chi connectivity index (χ0v) is 21.0. The Balaban J connectivity index is 1.95. The molecule has 8 heteroatoms. The van der Waals surface area contributed by atoms with E-state index in [2.05, 4.69) is 11.4 Å². The predicted octanol–water partition coefficient (Wildman–Crippen LogP) is 6.07. The van der Waals surface area contributed by atoms with Gasteiger partial charge in [-0.1, -0.05) is 72.1 Å². The lowest BCUT2D eigenvalue weighted by Gasteiger charge is -2.26. The first-order chi connectivity index (χ1) is 15.6. The van der Waals surface area contributed by atoms with Crippen LogP contribution in [0.2, 0.25) is 10.0 Å². The molecular formula is C25H26Cl2N2O3S. The number of carbonyl (C=O) groups is 1. The molecule has 0 heterocycles. The molecule has 1 unspecified atom stereocenters. The van der Waals surface area contributed by atoms with Crippen molar-refractivity contribution in [3.63, 3.8) is 0 Å². The number of sulfonamides is 1. The molecule has 0 saturated carbocycles. The van der Waals surface area contributed by atoms with Crippen LogP contribution in [-0.2, 0) is 14.8 Å². The third-order valence-corrected chi connectivity index (χ3v) is 7.52. The average Bonchev–Trinajstić information content (AvgIpc) is 2.76. The van der Waals surface area contributed by atoms with Crippen molar-refractivity contribution in [3.05, 3.63) is 93.5 Å². The first-order valence-electron chi connectivity index (χ1n) is 10.5. The summed E-state index contributed by atoms with van der Waals surface area (Å²) in [5.41, 5.74) is 3.42. The summed E-state index contributed by atoms with van der Waals surface area (Å²) in [6.07, 6.45) is 0.657. The Hall–Kier alpha value is -2.54. The van der Waals surface area contributed by atoms with Crippen LogP contribution in [0.25, 0.3) is 0 Å². The summed E-state index contributed by atoms with van der Waals surface area (Å²) >= 11 is 12.3. The lowest BCUT2D eigenvalue weighted by atomic mass is 9.97. The summed E-state index contributed by atoms with van der Waals surface area (Å²) in [5.74, 6) is -0.433. The molecule has 1 N–H and O–H groups in total. The second-order valence-corrected chi connectivity index (χ2v) is 10.6. The Morgan fingerprint density at radius 2 is 1.61 bits per heavy atom. The van der Waals surface area contributed by atoms with Crippen molar-refractivity contribution in [2.45, 2.75) is 38.1 Å². The van der Waals surface area contributed by atoms with Crippen molar-refractivity contribution < 1.29 is 13.2 Å². The maximum absolute atomic E-state index is 13.5. The SMILES string of the molecule is CCC(NC(=O)CN(c1cc(Cl)cc(Cl)c1)S(=O)(=O)c1ccccc1)c1ccc(C)cc1C. The standard InChI is InChI=1S/C25H26Cl2N2O3S/c1-4-24(23-11-10-17(2)12-18(23)3)28-25(30)16-29(21-14-19(26)13-20(27)15-21)33(31,32)22-8-6-5-7-9-22/h5-15,24H,4,16H2,1-3H3,(H,28,30). The van der Waals surface area contributed by atoms with Crippen molar-refractivity contribution in [2.24, 2.45) is 0 Å². The number of nitrogens with one attached hydrogen (secondary N) is 1. The van der Waals surface area contributed by atoms with Crippen LogP contribution in [0, 0.1) is 13.8 Å². The van der Waals surface area contributed by atoms with Gasteiger partial charge in [-0.05, 0) is 61.7 Å². The van der Waals surface area contributed by atoms with Gasteiger partial charge < -0.3 is 5.32 Å². The van der Waals surface area contributed by atoms with E-state index in [-0.39, 0.29) is 26.7 Å². The number of hydrogen-bond acceptors (Lipinski definition) is 3. The lowest BCUT2D eigenvalue weighted by Crippen LogP contribution is -2.42. The van der Waals surface area contributed by atoms with E-state index in [1.807, 2.05) is 32.9 Å². The van der Waals surface area contributed by atoms with Gasteiger partial charge in [-0.3, -0.25) is 9.10 Å². The molecule has 3 rings (SSSR count). The van der Waals surface area contributed by atoms with Crippen molar-refractivity contribution in [2.75, 3.05) is 10.8 Å². The number of amides is 1. The van der Waals surface area contributed by atoms with E-state index in [0.29, 0.717) is 6.42 Å².